The van der Waals surface area contributed by atoms with E-state index >= 15 is 0 Å². The van der Waals surface area contributed by atoms with Crippen LogP contribution in [0, 0.1) is 13.8 Å². The molecule has 0 aliphatic heterocycles. The Kier molecular flexibility index (Phi) is 25.1. The van der Waals surface area contributed by atoms with Crippen molar-refractivity contribution in [3.05, 3.63) is 335 Å². The Labute approximate surface area is 541 Å². The van der Waals surface area contributed by atoms with Crippen molar-refractivity contribution in [1.82, 2.24) is 0 Å². The van der Waals surface area contributed by atoms with Gasteiger partial charge < -0.3 is 24.8 Å². The van der Waals surface area contributed by atoms with E-state index in [0.717, 1.165) is 25.7 Å². The van der Waals surface area contributed by atoms with E-state index in [-0.39, 0.29) is 24.8 Å². The number of hydrogen-bond acceptors (Lipinski definition) is 0. The van der Waals surface area contributed by atoms with Gasteiger partial charge in [-0.3, -0.25) is 0 Å². The van der Waals surface area contributed by atoms with Gasteiger partial charge in [0, 0.05) is 0 Å². The van der Waals surface area contributed by atoms with Crippen molar-refractivity contribution in [2.24, 2.45) is 0 Å². The van der Waals surface area contributed by atoms with Gasteiger partial charge in [0.2, 0.25) is 0 Å². The number of fused-ring (bicyclic) bond motifs is 8. The quantitative estimate of drug-likeness (QED) is 0.133. The maximum absolute atomic E-state index is 2.32. The van der Waals surface area contributed by atoms with Crippen molar-refractivity contribution < 1.29 is 73.3 Å². The number of rotatable bonds is 8. The van der Waals surface area contributed by atoms with E-state index in [1.54, 1.807) is 0 Å². The fourth-order valence-electron chi connectivity index (χ4n) is 10.4. The summed E-state index contributed by atoms with van der Waals surface area (Å²) < 4.78 is 2.83. The van der Waals surface area contributed by atoms with Crippen molar-refractivity contribution in [2.75, 3.05) is 0 Å². The van der Waals surface area contributed by atoms with Crippen LogP contribution in [-0.2, 0) is 74.2 Å². The van der Waals surface area contributed by atoms with E-state index in [1.165, 1.54) is 175 Å². The summed E-state index contributed by atoms with van der Waals surface area (Å²) in [6.45, 7) is 13.1. The maximum atomic E-state index is 2.32. The Morgan fingerprint density at radius 2 is 0.560 bits per heavy atom. The number of aryl methyl sites for hydroxylation is 6. The molecule has 14 aromatic carbocycles. The van der Waals surface area contributed by atoms with E-state index in [1.807, 2.05) is 0 Å². The predicted octanol–water partition coefficient (Wildman–Crippen LogP) is 15.0. The monoisotopic (exact) mass is 1280 g/mol. The molecule has 0 unspecified atom stereocenters. The van der Waals surface area contributed by atoms with Gasteiger partial charge in [0.1, 0.15) is 0 Å². The fourth-order valence-corrected chi connectivity index (χ4v) is 12.0. The Morgan fingerprint density at radius 1 is 0.298 bits per heavy atom. The number of halogens is 2. The van der Waals surface area contributed by atoms with Crippen molar-refractivity contribution in [3.8, 4) is 0 Å². The molecule has 0 atom stereocenters. The van der Waals surface area contributed by atoms with Crippen LogP contribution in [0.15, 0.2) is 279 Å². The molecule has 0 spiro atoms. The van der Waals surface area contributed by atoms with E-state index in [4.69, 9.17) is 0 Å². The first-order valence-corrected chi connectivity index (χ1v) is 31.4. The second-order valence-electron chi connectivity index (χ2n) is 20.9. The molecule has 84 heavy (non-hydrogen) atoms. The molecule has 14 rings (SSSR count). The van der Waals surface area contributed by atoms with Crippen molar-refractivity contribution >= 4 is 71.0 Å². The number of hydrogen-bond donors (Lipinski definition) is 0. The van der Waals surface area contributed by atoms with Crippen LogP contribution in [0.5, 0.6) is 0 Å². The van der Waals surface area contributed by atoms with Crippen LogP contribution >= 0.6 is 0 Å². The van der Waals surface area contributed by atoms with Crippen LogP contribution in [0.2, 0.25) is 0 Å². The SMILES string of the molecule is CCc1ccc2c(c1)[cH-]c1cc(CC)ccc12.CCc1ccc2c(c1)[cH-]c1cc(CC)ccc12.Cc1ccc2cc[cH-]c2c1.Cc1ccc2cc[cH-]c2c1.[Cl-].[Cl-].[Zr+2]=[C](c1ccccc1)c1ccccc1.[Zr+2]=[C](c1ccccc1)c1ccccc1. The van der Waals surface area contributed by atoms with Crippen molar-refractivity contribution in [3.63, 3.8) is 0 Å². The molecule has 0 aliphatic carbocycles. The Morgan fingerprint density at radius 3 is 0.810 bits per heavy atom. The van der Waals surface area contributed by atoms with Gasteiger partial charge in [-0.25, -0.2) is 0 Å². The molecule has 0 fully saturated rings. The first kappa shape index (κ1) is 64.8. The molecule has 0 amide bonds. The normalized spacial score (nSPS) is 10.4. The van der Waals surface area contributed by atoms with Crippen LogP contribution < -0.4 is 24.8 Å². The molecule has 0 N–H and O–H groups in total. The van der Waals surface area contributed by atoms with Crippen LogP contribution in [0.1, 0.15) is 83.3 Å². The summed E-state index contributed by atoms with van der Waals surface area (Å²) in [6, 6.07) is 99.9. The molecule has 0 bridgehead atoms. The van der Waals surface area contributed by atoms with Gasteiger partial charge in [-0.15, -0.1) is 137 Å². The standard InChI is InChI=1S/2C17H17.2C13H10.2C10H9.2ClH.2Zr/c2*1-3-12-5-7-16-14(9-12)11-15-10-13(4-2)6-8-17(15)16;2*1-3-7-12(8-4-1)11-13-9-5-2-6-10-13;2*1-8-5-6-9-3-2-4-10(9)7-8;;;;/h2*5-11H,3-4H2,1-2H3;2*1-10H;2*2-7H,1H3;2*1H;;/q2*-1;;;2*-1;;;2*+2/p-2. The molecule has 0 aliphatic rings. The molecule has 4 heteroatoms. The zero-order valence-corrected chi connectivity index (χ0v) is 55.6. The summed E-state index contributed by atoms with van der Waals surface area (Å²) >= 11 is 2.92. The molecular formula is C80H72Cl2Zr2-2. The van der Waals surface area contributed by atoms with Crippen molar-refractivity contribution in [1.29, 1.82) is 0 Å². The predicted molar refractivity (Wildman–Crippen MR) is 352 cm³/mol. The van der Waals surface area contributed by atoms with Gasteiger partial charge in [0.15, 0.2) is 0 Å². The summed E-state index contributed by atoms with van der Waals surface area (Å²) in [5.41, 5.74) is 13.7. The molecule has 0 aromatic heterocycles. The Hall–Kier alpha value is -6.75. The Balaban J connectivity index is 0.000000145. The first-order valence-electron chi connectivity index (χ1n) is 29.0. The van der Waals surface area contributed by atoms with Gasteiger partial charge in [-0.2, -0.15) is 24.3 Å². The molecule has 0 heterocycles. The molecule has 0 nitrogen and oxygen atoms in total. The third-order valence-electron chi connectivity index (χ3n) is 15.1. The summed E-state index contributed by atoms with van der Waals surface area (Å²) in [7, 11) is 0. The molecule has 14 aromatic rings. The van der Waals surface area contributed by atoms with Crippen molar-refractivity contribution in [2.45, 2.75) is 67.2 Å². The average molecular weight is 1290 g/mol. The molecule has 0 saturated heterocycles. The van der Waals surface area contributed by atoms with E-state index < -0.39 is 0 Å². The molecule has 0 saturated carbocycles. The molecular weight excluding hydrogens is 1210 g/mol. The third kappa shape index (κ3) is 17.2. The van der Waals surface area contributed by atoms with E-state index in [9.17, 15) is 0 Å². The average Bonchev–Trinajstić information content (AvgIpc) is 2.87. The summed E-state index contributed by atoms with van der Waals surface area (Å²) in [5, 5.41) is 16.5. The van der Waals surface area contributed by atoms with E-state index in [0.29, 0.717) is 0 Å². The minimum atomic E-state index is 0. The second-order valence-corrected chi connectivity index (χ2v) is 23.4. The fraction of sp³-hybridized carbons (Fsp3) is 0.125. The third-order valence-corrected chi connectivity index (χ3v) is 18.0. The Bertz CT molecular complexity index is 3830. The van der Waals surface area contributed by atoms with Gasteiger partial charge in [0.25, 0.3) is 0 Å². The molecule has 0 radical (unpaired) electrons. The molecule has 416 valence electrons. The summed E-state index contributed by atoms with van der Waals surface area (Å²) in [4.78, 5) is 0. The minimum absolute atomic E-state index is 0. The van der Waals surface area contributed by atoms with E-state index in [2.05, 4.69) is 321 Å². The van der Waals surface area contributed by atoms with Gasteiger partial charge in [-0.05, 0) is 39.5 Å². The topological polar surface area (TPSA) is 0 Å². The van der Waals surface area contributed by atoms with Crippen LogP contribution in [0.25, 0.3) is 64.6 Å². The summed E-state index contributed by atoms with van der Waals surface area (Å²) in [5.74, 6) is 0. The summed E-state index contributed by atoms with van der Waals surface area (Å²) in [6.07, 6.45) is 4.44. The second kappa shape index (κ2) is 32.5. The van der Waals surface area contributed by atoms with Gasteiger partial charge in [0.05, 0.1) is 0 Å². The van der Waals surface area contributed by atoms with Gasteiger partial charge >= 0.3 is 198 Å². The van der Waals surface area contributed by atoms with Crippen LogP contribution in [-0.4, -0.2) is 6.41 Å². The zero-order chi connectivity index (χ0) is 57.2. The first-order chi connectivity index (χ1) is 40.1. The number of benzene rings is 10. The van der Waals surface area contributed by atoms with Crippen LogP contribution in [0.3, 0.4) is 0 Å². The van der Waals surface area contributed by atoms with Gasteiger partial charge in [-0.1, -0.05) is 122 Å². The zero-order valence-electron chi connectivity index (χ0n) is 49.1. The van der Waals surface area contributed by atoms with Crippen LogP contribution in [0.4, 0.5) is 0 Å².